The molecule has 0 N–H and O–H groups in total. The van der Waals surface area contributed by atoms with Crippen LogP contribution in [0, 0.1) is 0 Å². The zero-order valence-electron chi connectivity index (χ0n) is 35.7. The van der Waals surface area contributed by atoms with Crippen LogP contribution >= 0.6 is 0 Å². The minimum Gasteiger partial charge on any atom is -0.462 e. The molecule has 6 heteroatoms. The molecule has 0 aromatic carbocycles. The number of allylic oxidation sites excluding steroid dienone is 12. The lowest BCUT2D eigenvalue weighted by Gasteiger charge is -2.18. The Hall–Kier alpha value is -3.15. The van der Waals surface area contributed by atoms with Gasteiger partial charge in [-0.25, -0.2) is 0 Å². The molecule has 0 bridgehead atoms. The van der Waals surface area contributed by atoms with E-state index in [2.05, 4.69) is 81.5 Å². The lowest BCUT2D eigenvalue weighted by molar-refractivity contribution is -0.166. The number of carbonyl (C=O) groups is 3. The Morgan fingerprint density at radius 3 is 1.22 bits per heavy atom. The molecule has 0 aliphatic rings. The van der Waals surface area contributed by atoms with Gasteiger partial charge in [-0.3, -0.25) is 14.4 Å². The maximum Gasteiger partial charge on any atom is 0.306 e. The highest BCUT2D eigenvalue weighted by molar-refractivity contribution is 5.71. The highest BCUT2D eigenvalue weighted by Gasteiger charge is 2.19. The largest absolute Gasteiger partial charge is 0.462 e. The van der Waals surface area contributed by atoms with Gasteiger partial charge < -0.3 is 14.2 Å². The van der Waals surface area contributed by atoms with Crippen molar-refractivity contribution in [1.82, 2.24) is 0 Å². The van der Waals surface area contributed by atoms with E-state index in [9.17, 15) is 14.4 Å². The molecule has 0 spiro atoms. The molecule has 0 aromatic rings. The normalized spacial score (nSPS) is 12.7. The van der Waals surface area contributed by atoms with E-state index >= 15 is 0 Å². The SMILES string of the molecule is CC/C=C\C/C=C\C/C=C\C/C=C\CCC(=O)OC(COC(=O)CCCCCCC/C=C\C/C=C\CCCCC)COC(=O)CCCCCCCCCCC. The molecular weight excluding hydrogens is 685 g/mol. The zero-order valence-corrected chi connectivity index (χ0v) is 35.7. The monoisotopic (exact) mass is 767 g/mol. The molecule has 0 rings (SSSR count). The van der Waals surface area contributed by atoms with Gasteiger partial charge in [0.15, 0.2) is 6.10 Å². The number of esters is 3. The Morgan fingerprint density at radius 2 is 0.745 bits per heavy atom. The van der Waals surface area contributed by atoms with E-state index in [0.717, 1.165) is 89.9 Å². The summed E-state index contributed by atoms with van der Waals surface area (Å²) < 4.78 is 16.6. The molecule has 0 aliphatic carbocycles. The molecule has 0 aromatic heterocycles. The van der Waals surface area contributed by atoms with Crippen molar-refractivity contribution in [3.8, 4) is 0 Å². The molecule has 55 heavy (non-hydrogen) atoms. The number of ether oxygens (including phenoxy) is 3. The van der Waals surface area contributed by atoms with Crippen molar-refractivity contribution >= 4 is 17.9 Å². The summed E-state index contributed by atoms with van der Waals surface area (Å²) in [6, 6.07) is 0. The standard InChI is InChI=1S/C49H82O6/c1-4-7-10-13-16-19-21-23-24-26-27-30-33-36-39-42-48(51)54-45-46(44-53-47(50)41-38-35-32-29-18-15-12-9-6-3)55-49(52)43-40-37-34-31-28-25-22-20-17-14-11-8-5-2/h8,11,16-17,19-20,23-25,28,34,37,46H,4-7,9-10,12-15,18,21-22,26-27,29-33,35-36,38-45H2,1-3H3/b11-8-,19-16-,20-17-,24-23-,28-25-,37-34-. The third-order valence-corrected chi connectivity index (χ3v) is 9.21. The number of hydrogen-bond acceptors (Lipinski definition) is 6. The van der Waals surface area contributed by atoms with Crippen molar-refractivity contribution < 1.29 is 28.6 Å². The molecule has 0 saturated heterocycles. The third kappa shape index (κ3) is 41.8. The molecule has 1 atom stereocenters. The van der Waals surface area contributed by atoms with Gasteiger partial charge in [0.2, 0.25) is 0 Å². The molecule has 1 unspecified atom stereocenters. The second-order valence-electron chi connectivity index (χ2n) is 14.6. The zero-order chi connectivity index (χ0) is 40.1. The molecule has 0 aliphatic heterocycles. The average molecular weight is 767 g/mol. The van der Waals surface area contributed by atoms with Crippen LogP contribution in [0.5, 0.6) is 0 Å². The Balaban J connectivity index is 4.49. The maximum atomic E-state index is 12.7. The Labute approximate surface area is 338 Å². The predicted octanol–water partition coefficient (Wildman–Crippen LogP) is 14.3. The van der Waals surface area contributed by atoms with E-state index in [4.69, 9.17) is 14.2 Å². The van der Waals surface area contributed by atoms with Gasteiger partial charge in [-0.2, -0.15) is 0 Å². The van der Waals surface area contributed by atoms with Gasteiger partial charge in [0, 0.05) is 19.3 Å². The first kappa shape index (κ1) is 51.9. The van der Waals surface area contributed by atoms with Gasteiger partial charge in [-0.05, 0) is 77.0 Å². The average Bonchev–Trinajstić information content (AvgIpc) is 3.18. The first-order valence-corrected chi connectivity index (χ1v) is 22.4. The molecule has 0 heterocycles. The Kier molecular flexibility index (Phi) is 41.1. The third-order valence-electron chi connectivity index (χ3n) is 9.21. The summed E-state index contributed by atoms with van der Waals surface area (Å²) in [5.74, 6) is -1.01. The fraction of sp³-hybridized carbons (Fsp3) is 0.694. The highest BCUT2D eigenvalue weighted by atomic mass is 16.6. The summed E-state index contributed by atoms with van der Waals surface area (Å²) in [6.45, 7) is 6.38. The first-order chi connectivity index (χ1) is 27.0. The number of unbranched alkanes of at least 4 members (excludes halogenated alkanes) is 16. The topological polar surface area (TPSA) is 78.9 Å². The van der Waals surface area contributed by atoms with Gasteiger partial charge in [0.25, 0.3) is 0 Å². The second-order valence-corrected chi connectivity index (χ2v) is 14.6. The van der Waals surface area contributed by atoms with E-state index in [-0.39, 0.29) is 31.6 Å². The van der Waals surface area contributed by atoms with Crippen LogP contribution in [0.1, 0.15) is 201 Å². The van der Waals surface area contributed by atoms with Crippen molar-refractivity contribution in [3.63, 3.8) is 0 Å². The van der Waals surface area contributed by atoms with Crippen molar-refractivity contribution in [3.05, 3.63) is 72.9 Å². The quantitative estimate of drug-likeness (QED) is 0.0268. The van der Waals surface area contributed by atoms with Crippen LogP contribution in [-0.2, 0) is 28.6 Å². The van der Waals surface area contributed by atoms with Crippen LogP contribution in [-0.4, -0.2) is 37.2 Å². The van der Waals surface area contributed by atoms with Gasteiger partial charge >= 0.3 is 17.9 Å². The molecule has 0 amide bonds. The summed E-state index contributed by atoms with van der Waals surface area (Å²) in [6.07, 6.45) is 53.3. The molecule has 314 valence electrons. The Morgan fingerprint density at radius 1 is 0.382 bits per heavy atom. The maximum absolute atomic E-state index is 12.7. The van der Waals surface area contributed by atoms with E-state index < -0.39 is 12.1 Å². The van der Waals surface area contributed by atoms with Crippen molar-refractivity contribution in [2.75, 3.05) is 13.2 Å². The van der Waals surface area contributed by atoms with Gasteiger partial charge in [-0.15, -0.1) is 0 Å². The van der Waals surface area contributed by atoms with Crippen LogP contribution in [0.4, 0.5) is 0 Å². The summed E-state index contributed by atoms with van der Waals surface area (Å²) in [5, 5.41) is 0. The van der Waals surface area contributed by atoms with E-state index in [1.54, 1.807) is 0 Å². The van der Waals surface area contributed by atoms with Crippen molar-refractivity contribution in [2.24, 2.45) is 0 Å². The van der Waals surface area contributed by atoms with Crippen molar-refractivity contribution in [1.29, 1.82) is 0 Å². The number of rotatable bonds is 39. The second kappa shape index (κ2) is 43.6. The van der Waals surface area contributed by atoms with Crippen LogP contribution in [0.25, 0.3) is 0 Å². The van der Waals surface area contributed by atoms with Crippen LogP contribution in [0.2, 0.25) is 0 Å². The molecule has 0 saturated carbocycles. The Bertz CT molecular complexity index is 1070. The van der Waals surface area contributed by atoms with Gasteiger partial charge in [0.1, 0.15) is 13.2 Å². The highest BCUT2D eigenvalue weighted by Crippen LogP contribution is 2.12. The first-order valence-electron chi connectivity index (χ1n) is 22.4. The van der Waals surface area contributed by atoms with E-state index in [1.165, 1.54) is 64.2 Å². The lowest BCUT2D eigenvalue weighted by atomic mass is 10.1. The van der Waals surface area contributed by atoms with Gasteiger partial charge in [-0.1, -0.05) is 177 Å². The van der Waals surface area contributed by atoms with Crippen LogP contribution in [0.3, 0.4) is 0 Å². The van der Waals surface area contributed by atoms with Gasteiger partial charge in [0.05, 0.1) is 0 Å². The van der Waals surface area contributed by atoms with Crippen LogP contribution in [0.15, 0.2) is 72.9 Å². The predicted molar refractivity (Wildman–Crippen MR) is 233 cm³/mol. The smallest absolute Gasteiger partial charge is 0.306 e. The molecule has 0 fully saturated rings. The molecule has 0 radical (unpaired) electrons. The summed E-state index contributed by atoms with van der Waals surface area (Å²) >= 11 is 0. The van der Waals surface area contributed by atoms with E-state index in [0.29, 0.717) is 19.3 Å². The van der Waals surface area contributed by atoms with Crippen molar-refractivity contribution in [2.45, 2.75) is 207 Å². The fourth-order valence-electron chi connectivity index (χ4n) is 5.84. The van der Waals surface area contributed by atoms with E-state index in [1.807, 2.05) is 12.2 Å². The minimum absolute atomic E-state index is 0.108. The molecule has 6 nitrogen and oxygen atoms in total. The number of carbonyl (C=O) groups excluding carboxylic acids is 3. The van der Waals surface area contributed by atoms with Crippen LogP contribution < -0.4 is 0 Å². The summed E-state index contributed by atoms with van der Waals surface area (Å²) in [7, 11) is 0. The summed E-state index contributed by atoms with van der Waals surface area (Å²) in [4.78, 5) is 37.6. The number of hydrogen-bond donors (Lipinski definition) is 0. The fourth-order valence-corrected chi connectivity index (χ4v) is 5.84. The molecular formula is C49H82O6. The lowest BCUT2D eigenvalue weighted by Crippen LogP contribution is -2.30. The minimum atomic E-state index is -0.814. The summed E-state index contributed by atoms with van der Waals surface area (Å²) in [5.41, 5.74) is 0.